The van der Waals surface area contributed by atoms with Crippen LogP contribution < -0.4 is 15.8 Å². The van der Waals surface area contributed by atoms with Crippen LogP contribution in [0.3, 0.4) is 0 Å². The molecule has 0 radical (unpaired) electrons. The Labute approximate surface area is 158 Å². The van der Waals surface area contributed by atoms with E-state index in [-0.39, 0.29) is 17.9 Å². The van der Waals surface area contributed by atoms with Crippen LogP contribution in [0.5, 0.6) is 0 Å². The molecular formula is C16H17N9OS. The molecule has 1 aliphatic carbocycles. The fraction of sp³-hybridized carbons (Fsp3) is 0.312. The number of rotatable bonds is 4. The molecule has 3 aliphatic rings. The fourth-order valence-electron chi connectivity index (χ4n) is 3.48. The first-order valence-electron chi connectivity index (χ1n) is 8.64. The van der Waals surface area contributed by atoms with Crippen molar-refractivity contribution in [3.05, 3.63) is 36.4 Å². The third-order valence-corrected chi connectivity index (χ3v) is 5.65. The summed E-state index contributed by atoms with van der Waals surface area (Å²) in [6.45, 7) is 0. The number of amides is 1. The summed E-state index contributed by atoms with van der Waals surface area (Å²) in [7, 11) is 0. The van der Waals surface area contributed by atoms with Gasteiger partial charge in [-0.15, -0.1) is 5.10 Å². The third-order valence-electron chi connectivity index (χ3n) is 4.89. The standard InChI is InChI=1S/C16H17N9OS/c17-14(26)9-1-2-10(5-9)20-16-18-8-13-15(21-16)25(23-22-13)11-3-4-24-12(6-11)7-19-27-24/h3-4,6-10,19H,1-2,5H2,(H2,17,26)(H,18,20,21)/t9-,10-/m1/s1. The van der Waals surface area contributed by atoms with Crippen LogP contribution in [-0.4, -0.2) is 41.2 Å². The Bertz CT molecular complexity index is 1010. The summed E-state index contributed by atoms with van der Waals surface area (Å²) in [5.74, 6) is 0.183. The SMILES string of the molecule is NC(=O)[C@@H]1CC[C@@H](Nc2ncc3nnn(C4=CC5=CNSN5C=C4)c3n2)C1. The number of aromatic nitrogens is 5. The zero-order chi connectivity index (χ0) is 18.4. The van der Waals surface area contributed by atoms with E-state index in [2.05, 4.69) is 30.3 Å². The molecule has 27 heavy (non-hydrogen) atoms. The lowest BCUT2D eigenvalue weighted by Gasteiger charge is -2.17. The van der Waals surface area contributed by atoms with Gasteiger partial charge >= 0.3 is 0 Å². The Balaban J connectivity index is 1.42. The number of primary amides is 1. The monoisotopic (exact) mass is 383 g/mol. The van der Waals surface area contributed by atoms with Crippen LogP contribution >= 0.6 is 12.1 Å². The van der Waals surface area contributed by atoms with Gasteiger partial charge in [-0.05, 0) is 31.4 Å². The van der Waals surface area contributed by atoms with Crippen LogP contribution in [0.25, 0.3) is 16.9 Å². The Kier molecular flexibility index (Phi) is 3.74. The van der Waals surface area contributed by atoms with Gasteiger partial charge < -0.3 is 15.8 Å². The number of hydrogen-bond acceptors (Lipinski definition) is 9. The second-order valence-electron chi connectivity index (χ2n) is 6.65. The number of nitrogens with two attached hydrogens (primary N) is 1. The summed E-state index contributed by atoms with van der Waals surface area (Å²) in [6, 6.07) is 0.137. The number of hydrogen-bond donors (Lipinski definition) is 3. The molecule has 4 N–H and O–H groups in total. The fourth-order valence-corrected chi connectivity index (χ4v) is 4.10. The second-order valence-corrected chi connectivity index (χ2v) is 7.46. The summed E-state index contributed by atoms with van der Waals surface area (Å²) < 4.78 is 6.81. The summed E-state index contributed by atoms with van der Waals surface area (Å²) in [6.07, 6.45) is 11.9. The highest BCUT2D eigenvalue weighted by molar-refractivity contribution is 7.95. The number of carbonyl (C=O) groups excluding carboxylic acids is 1. The smallest absolute Gasteiger partial charge is 0.225 e. The van der Waals surface area contributed by atoms with Gasteiger partial charge in [0.25, 0.3) is 0 Å². The largest absolute Gasteiger partial charge is 0.369 e. The van der Waals surface area contributed by atoms with Gasteiger partial charge in [0.15, 0.2) is 11.2 Å². The van der Waals surface area contributed by atoms with Gasteiger partial charge in [-0.1, -0.05) is 5.21 Å². The zero-order valence-corrected chi connectivity index (χ0v) is 15.1. The minimum Gasteiger partial charge on any atom is -0.369 e. The predicted molar refractivity (Wildman–Crippen MR) is 101 cm³/mol. The number of allylic oxidation sites excluding steroid dienone is 3. The Hall–Kier alpha value is -3.08. The molecule has 0 unspecified atom stereocenters. The molecule has 11 heteroatoms. The first-order chi connectivity index (χ1) is 13.2. The molecule has 0 aromatic carbocycles. The van der Waals surface area contributed by atoms with Gasteiger partial charge in [-0.25, -0.2) is 4.98 Å². The van der Waals surface area contributed by atoms with E-state index in [9.17, 15) is 4.79 Å². The van der Waals surface area contributed by atoms with Gasteiger partial charge in [-0.2, -0.15) is 9.67 Å². The summed E-state index contributed by atoms with van der Waals surface area (Å²) >= 11 is 1.50. The van der Waals surface area contributed by atoms with E-state index in [0.29, 0.717) is 23.5 Å². The van der Waals surface area contributed by atoms with Gasteiger partial charge in [0.1, 0.15) is 0 Å². The number of anilines is 1. The van der Waals surface area contributed by atoms with Crippen LogP contribution in [0.2, 0.25) is 0 Å². The Morgan fingerprint density at radius 1 is 1.37 bits per heavy atom. The van der Waals surface area contributed by atoms with E-state index in [0.717, 1.165) is 24.2 Å². The molecule has 0 bridgehead atoms. The molecule has 4 heterocycles. The minimum absolute atomic E-state index is 0.0786. The molecule has 10 nitrogen and oxygen atoms in total. The van der Waals surface area contributed by atoms with Crippen molar-refractivity contribution < 1.29 is 4.79 Å². The van der Waals surface area contributed by atoms with Gasteiger partial charge in [0.05, 0.1) is 29.7 Å². The number of nitrogens with one attached hydrogen (secondary N) is 2. The number of nitrogens with zero attached hydrogens (tertiary/aromatic N) is 6. The molecule has 2 atom stereocenters. The van der Waals surface area contributed by atoms with Crippen molar-refractivity contribution in [2.75, 3.05) is 5.32 Å². The lowest BCUT2D eigenvalue weighted by Crippen LogP contribution is -2.23. The van der Waals surface area contributed by atoms with Crippen LogP contribution in [0.15, 0.2) is 36.4 Å². The van der Waals surface area contributed by atoms with Crippen molar-refractivity contribution in [3.63, 3.8) is 0 Å². The molecule has 2 aliphatic heterocycles. The maximum Gasteiger partial charge on any atom is 0.225 e. The summed E-state index contributed by atoms with van der Waals surface area (Å²) in [4.78, 5) is 20.3. The van der Waals surface area contributed by atoms with Crippen molar-refractivity contribution in [1.82, 2.24) is 34.0 Å². The number of carbonyl (C=O) groups is 1. The van der Waals surface area contributed by atoms with Crippen LogP contribution in [0.1, 0.15) is 19.3 Å². The van der Waals surface area contributed by atoms with Crippen molar-refractivity contribution >= 4 is 40.9 Å². The second kappa shape index (κ2) is 6.27. The highest BCUT2D eigenvalue weighted by atomic mass is 32.2. The first-order valence-corrected chi connectivity index (χ1v) is 9.41. The minimum atomic E-state index is -0.239. The highest BCUT2D eigenvalue weighted by Crippen LogP contribution is 2.30. The van der Waals surface area contributed by atoms with Crippen LogP contribution in [0, 0.1) is 5.92 Å². The molecule has 0 saturated heterocycles. The average molecular weight is 383 g/mol. The quantitative estimate of drug-likeness (QED) is 0.662. The van der Waals surface area contributed by atoms with E-state index >= 15 is 0 Å². The maximum absolute atomic E-state index is 11.4. The Morgan fingerprint density at radius 3 is 3.15 bits per heavy atom. The average Bonchev–Trinajstić information content (AvgIpc) is 3.40. The zero-order valence-electron chi connectivity index (χ0n) is 14.2. The van der Waals surface area contributed by atoms with Crippen LogP contribution in [-0.2, 0) is 4.79 Å². The van der Waals surface area contributed by atoms with Gasteiger partial charge in [0, 0.05) is 24.4 Å². The van der Waals surface area contributed by atoms with Crippen molar-refractivity contribution in [1.29, 1.82) is 0 Å². The highest BCUT2D eigenvalue weighted by Gasteiger charge is 2.29. The first kappa shape index (κ1) is 16.1. The molecule has 1 fully saturated rings. The van der Waals surface area contributed by atoms with Crippen molar-refractivity contribution in [2.24, 2.45) is 11.7 Å². The van der Waals surface area contributed by atoms with Crippen molar-refractivity contribution in [2.45, 2.75) is 25.3 Å². The number of fused-ring (bicyclic) bond motifs is 2. The third kappa shape index (κ3) is 2.89. The van der Waals surface area contributed by atoms with E-state index in [4.69, 9.17) is 5.73 Å². The molecular weight excluding hydrogens is 366 g/mol. The van der Waals surface area contributed by atoms with E-state index < -0.39 is 0 Å². The molecule has 1 amide bonds. The Morgan fingerprint density at radius 2 is 2.30 bits per heavy atom. The van der Waals surface area contributed by atoms with Crippen molar-refractivity contribution in [3.8, 4) is 0 Å². The summed E-state index contributed by atoms with van der Waals surface area (Å²) in [5, 5.41) is 11.7. The van der Waals surface area contributed by atoms with Gasteiger partial charge in [0.2, 0.25) is 11.9 Å². The normalized spacial score (nSPS) is 23.8. The molecule has 138 valence electrons. The molecule has 0 spiro atoms. The van der Waals surface area contributed by atoms with Gasteiger partial charge in [-0.3, -0.25) is 9.10 Å². The lowest BCUT2D eigenvalue weighted by atomic mass is 10.1. The predicted octanol–water partition coefficient (Wildman–Crippen LogP) is 0.965. The van der Waals surface area contributed by atoms with E-state index in [1.165, 1.54) is 12.1 Å². The topological polar surface area (TPSA) is 127 Å². The molecule has 1 saturated carbocycles. The summed E-state index contributed by atoms with van der Waals surface area (Å²) in [5.41, 5.74) is 8.54. The van der Waals surface area contributed by atoms with E-state index in [1.807, 2.05) is 28.9 Å². The maximum atomic E-state index is 11.4. The lowest BCUT2D eigenvalue weighted by molar-refractivity contribution is -0.121. The molecule has 2 aromatic rings. The molecule has 2 aromatic heterocycles. The molecule has 5 rings (SSSR count). The van der Waals surface area contributed by atoms with E-state index in [1.54, 1.807) is 10.9 Å². The van der Waals surface area contributed by atoms with Crippen LogP contribution in [0.4, 0.5) is 5.95 Å².